The lowest BCUT2D eigenvalue weighted by Gasteiger charge is -1.60. The molecule has 0 aromatic carbocycles. The normalized spacial score (nSPS) is 5.45. The Hall–Kier alpha value is -1.05. The third-order valence-corrected chi connectivity index (χ3v) is 0.191. The second kappa shape index (κ2) is 149. The van der Waals surface area contributed by atoms with E-state index in [2.05, 4.69) is 24.7 Å². The molecular weight excluding hydrogens is 136 g/mol. The van der Waals surface area contributed by atoms with Crippen LogP contribution in [0.3, 0.4) is 0 Å². The van der Waals surface area contributed by atoms with Crippen molar-refractivity contribution in [3.8, 4) is 0 Å². The summed E-state index contributed by atoms with van der Waals surface area (Å²) in [7, 11) is 0. The highest BCUT2D eigenvalue weighted by Crippen LogP contribution is 1.53. The van der Waals surface area contributed by atoms with Gasteiger partial charge in [0.25, 0.3) is 0 Å². The monoisotopic (exact) mass is 158 g/mol. The Kier molecular flexibility index (Phi) is 304. The third-order valence-electron chi connectivity index (χ3n) is 0.191. The minimum atomic E-state index is 1.19. The molecule has 0 aliphatic heterocycles. The average molecular weight is 158 g/mol. The van der Waals surface area contributed by atoms with E-state index in [9.17, 15) is 0 Å². The summed E-state index contributed by atoms with van der Waals surface area (Å²) in [6, 6.07) is 0. The summed E-state index contributed by atoms with van der Waals surface area (Å²) in [6.45, 7) is 17.3. The molecule has 0 aliphatic rings. The molecule has 0 rings (SSSR count). The van der Waals surface area contributed by atoms with Crippen molar-refractivity contribution in [2.75, 3.05) is 0 Å². The Morgan fingerprint density at radius 1 is 1.09 bits per heavy atom. The van der Waals surface area contributed by atoms with E-state index in [0.717, 1.165) is 0 Å². The Bertz CT molecular complexity index is 58.6. The van der Waals surface area contributed by atoms with Crippen molar-refractivity contribution >= 4 is 6.34 Å². The maximum atomic E-state index is 4.78. The molecule has 0 aromatic heterocycles. The molecule has 0 amide bonds. The van der Waals surface area contributed by atoms with Gasteiger partial charge in [-0.25, -0.2) is 4.99 Å². The van der Waals surface area contributed by atoms with Crippen molar-refractivity contribution in [1.82, 2.24) is 0 Å². The molecule has 0 saturated heterocycles. The van der Waals surface area contributed by atoms with Crippen molar-refractivity contribution in [1.29, 1.82) is 0 Å². The molecule has 0 aromatic rings. The van der Waals surface area contributed by atoms with Crippen LogP contribution in [0.1, 0.15) is 27.7 Å². The Morgan fingerprint density at radius 2 is 1.36 bits per heavy atom. The number of nitrogens with two attached hydrogens (primary N) is 1. The molecule has 0 bridgehead atoms. The van der Waals surface area contributed by atoms with Crippen LogP contribution in [0.25, 0.3) is 0 Å². The number of aliphatic imine (C=N–C) groups is 1. The molecule has 68 valence electrons. The lowest BCUT2D eigenvalue weighted by Crippen LogP contribution is -1.84. The summed E-state index contributed by atoms with van der Waals surface area (Å²) in [4.78, 5) is 3.39. The topological polar surface area (TPSA) is 38.4 Å². The van der Waals surface area contributed by atoms with Gasteiger partial charge in [-0.3, -0.25) is 0 Å². The van der Waals surface area contributed by atoms with E-state index in [1.807, 2.05) is 27.7 Å². The van der Waals surface area contributed by atoms with Gasteiger partial charge in [-0.15, -0.1) is 13.2 Å². The minimum absolute atomic E-state index is 1.19. The Balaban J connectivity index is -0.0000000350. The van der Waals surface area contributed by atoms with Crippen LogP contribution in [-0.2, 0) is 0 Å². The van der Waals surface area contributed by atoms with Crippen LogP contribution in [0.15, 0.2) is 30.9 Å². The van der Waals surface area contributed by atoms with E-state index in [1.165, 1.54) is 12.5 Å². The molecule has 0 radical (unpaired) electrons. The zero-order valence-electron chi connectivity index (χ0n) is 8.30. The smallest absolute Gasteiger partial charge is 0.0852 e. The Labute approximate surface area is 71.5 Å². The second-order valence-electron chi connectivity index (χ2n) is 0.481. The van der Waals surface area contributed by atoms with Gasteiger partial charge in [0.05, 0.1) is 6.34 Å². The summed E-state index contributed by atoms with van der Waals surface area (Å²) >= 11 is 0. The van der Waals surface area contributed by atoms with Crippen LogP contribution in [0.2, 0.25) is 0 Å². The molecule has 2 heteroatoms. The van der Waals surface area contributed by atoms with Crippen LogP contribution in [0.5, 0.6) is 0 Å². The number of nitrogens with zero attached hydrogens (tertiary/aromatic N) is 1. The van der Waals surface area contributed by atoms with Crippen molar-refractivity contribution in [2.24, 2.45) is 10.7 Å². The molecule has 0 heterocycles. The van der Waals surface area contributed by atoms with Crippen molar-refractivity contribution < 1.29 is 0 Å². The van der Waals surface area contributed by atoms with Gasteiger partial charge in [0, 0.05) is 6.20 Å². The Morgan fingerprint density at radius 3 is 1.36 bits per heavy atom. The standard InChI is InChI=1S/C3H6N2.2C2H6.C2H4/c1-2-5-3-4;3*1-2/h2-3H,1H2,(H2,4,5);2*1-2H3;1-2H2. The molecule has 0 aliphatic carbocycles. The van der Waals surface area contributed by atoms with Crippen molar-refractivity contribution in [2.45, 2.75) is 27.7 Å². The van der Waals surface area contributed by atoms with Crippen LogP contribution < -0.4 is 5.73 Å². The zero-order chi connectivity index (χ0) is 10.1. The van der Waals surface area contributed by atoms with Crippen LogP contribution in [0, 0.1) is 0 Å². The quantitative estimate of drug-likeness (QED) is 0.355. The summed E-state index contributed by atoms with van der Waals surface area (Å²) in [6.07, 6.45) is 2.56. The van der Waals surface area contributed by atoms with Gasteiger partial charge >= 0.3 is 0 Å². The van der Waals surface area contributed by atoms with Gasteiger partial charge in [-0.1, -0.05) is 34.3 Å². The lowest BCUT2D eigenvalue weighted by atomic mass is 11.0. The molecule has 0 spiro atoms. The maximum Gasteiger partial charge on any atom is 0.0852 e. The first-order chi connectivity index (χ1) is 5.41. The van der Waals surface area contributed by atoms with Gasteiger partial charge in [-0.2, -0.15) is 0 Å². The van der Waals surface area contributed by atoms with Crippen LogP contribution in [-0.4, -0.2) is 6.34 Å². The summed E-state index contributed by atoms with van der Waals surface area (Å²) < 4.78 is 0. The molecule has 0 fully saturated rings. The van der Waals surface area contributed by atoms with E-state index in [-0.39, 0.29) is 0 Å². The van der Waals surface area contributed by atoms with Crippen LogP contribution >= 0.6 is 0 Å². The first-order valence-electron chi connectivity index (χ1n) is 3.76. The maximum absolute atomic E-state index is 4.78. The third kappa shape index (κ3) is 479. The van der Waals surface area contributed by atoms with E-state index in [4.69, 9.17) is 5.73 Å². The van der Waals surface area contributed by atoms with Gasteiger partial charge in [-0.05, 0) is 0 Å². The second-order valence-corrected chi connectivity index (χ2v) is 0.481. The lowest BCUT2D eigenvalue weighted by molar-refractivity contribution is 1.50. The SMILES string of the molecule is C=C.C=CN=CN.CC.CC. The molecule has 0 atom stereocenters. The van der Waals surface area contributed by atoms with Crippen molar-refractivity contribution in [3.05, 3.63) is 25.9 Å². The first kappa shape index (κ1) is 22.5. The van der Waals surface area contributed by atoms with E-state index < -0.39 is 0 Å². The average Bonchev–Trinajstić information content (AvgIpc) is 2.16. The predicted molar refractivity (Wildman–Crippen MR) is 56.8 cm³/mol. The summed E-state index contributed by atoms with van der Waals surface area (Å²) in [5, 5.41) is 0. The number of hydrogen-bond donors (Lipinski definition) is 1. The van der Waals surface area contributed by atoms with Crippen LogP contribution in [0.4, 0.5) is 0 Å². The number of rotatable bonds is 1. The zero-order valence-corrected chi connectivity index (χ0v) is 8.30. The molecule has 11 heavy (non-hydrogen) atoms. The molecule has 0 unspecified atom stereocenters. The van der Waals surface area contributed by atoms with Gasteiger partial charge < -0.3 is 5.73 Å². The molecule has 2 nitrogen and oxygen atoms in total. The fraction of sp³-hybridized carbons (Fsp3) is 0.444. The van der Waals surface area contributed by atoms with Crippen molar-refractivity contribution in [3.63, 3.8) is 0 Å². The molecular formula is C9H22N2. The first-order valence-corrected chi connectivity index (χ1v) is 3.76. The highest BCUT2D eigenvalue weighted by Gasteiger charge is 1.39. The highest BCUT2D eigenvalue weighted by molar-refractivity contribution is 5.51. The predicted octanol–water partition coefficient (Wildman–Crippen LogP) is 2.97. The highest BCUT2D eigenvalue weighted by atomic mass is 14.8. The number of hydrogen-bond acceptors (Lipinski definition) is 1. The van der Waals surface area contributed by atoms with E-state index in [0.29, 0.717) is 0 Å². The van der Waals surface area contributed by atoms with Gasteiger partial charge in [0.2, 0.25) is 0 Å². The molecule has 2 N–H and O–H groups in total. The molecule has 0 saturated carbocycles. The van der Waals surface area contributed by atoms with E-state index in [1.54, 1.807) is 0 Å². The summed E-state index contributed by atoms with van der Waals surface area (Å²) in [5.74, 6) is 0. The van der Waals surface area contributed by atoms with Gasteiger partial charge in [0.1, 0.15) is 0 Å². The van der Waals surface area contributed by atoms with Gasteiger partial charge in [0.15, 0.2) is 0 Å². The van der Waals surface area contributed by atoms with E-state index >= 15 is 0 Å². The largest absolute Gasteiger partial charge is 0.390 e. The fourth-order valence-electron chi connectivity index (χ4n) is 0.0609. The minimum Gasteiger partial charge on any atom is -0.390 e. The fourth-order valence-corrected chi connectivity index (χ4v) is 0.0609. The summed E-state index contributed by atoms with van der Waals surface area (Å²) in [5.41, 5.74) is 4.78.